The molecule has 0 aromatic carbocycles. The van der Waals surface area contributed by atoms with Crippen molar-refractivity contribution in [2.45, 2.75) is 13.5 Å². The SMILES string of the molecule is CCN(Cc1ccccn1)C(=O)c1cccc(Br)n1. The number of hydrogen-bond donors (Lipinski definition) is 0. The Balaban J connectivity index is 2.16. The van der Waals surface area contributed by atoms with Gasteiger partial charge in [0.05, 0.1) is 12.2 Å². The average Bonchev–Trinajstić information content (AvgIpc) is 2.45. The predicted molar refractivity (Wildman–Crippen MR) is 76.6 cm³/mol. The van der Waals surface area contributed by atoms with E-state index in [9.17, 15) is 4.79 Å². The summed E-state index contributed by atoms with van der Waals surface area (Å²) in [6.07, 6.45) is 1.73. The molecule has 0 bridgehead atoms. The van der Waals surface area contributed by atoms with Crippen LogP contribution in [0.2, 0.25) is 0 Å². The van der Waals surface area contributed by atoms with Crippen LogP contribution < -0.4 is 0 Å². The first-order valence-corrected chi connectivity index (χ1v) is 6.81. The summed E-state index contributed by atoms with van der Waals surface area (Å²) in [6, 6.07) is 11.0. The Morgan fingerprint density at radius 1 is 1.26 bits per heavy atom. The third kappa shape index (κ3) is 3.61. The molecule has 0 radical (unpaired) electrons. The summed E-state index contributed by atoms with van der Waals surface area (Å²) in [5.41, 5.74) is 1.31. The van der Waals surface area contributed by atoms with Gasteiger partial charge >= 0.3 is 0 Å². The molecule has 2 aromatic rings. The lowest BCUT2D eigenvalue weighted by molar-refractivity contribution is 0.0744. The molecular weight excluding hydrogens is 306 g/mol. The summed E-state index contributed by atoms with van der Waals surface area (Å²) in [7, 11) is 0. The van der Waals surface area contributed by atoms with Gasteiger partial charge in [-0.2, -0.15) is 0 Å². The number of aromatic nitrogens is 2. The van der Waals surface area contributed by atoms with E-state index in [1.165, 1.54) is 0 Å². The Kier molecular flexibility index (Phi) is 4.63. The van der Waals surface area contributed by atoms with Crippen LogP contribution in [-0.2, 0) is 6.54 Å². The van der Waals surface area contributed by atoms with Gasteiger partial charge in [-0.1, -0.05) is 12.1 Å². The fourth-order valence-electron chi connectivity index (χ4n) is 1.70. The van der Waals surface area contributed by atoms with Crippen molar-refractivity contribution in [2.24, 2.45) is 0 Å². The van der Waals surface area contributed by atoms with Crippen LogP contribution in [0.1, 0.15) is 23.1 Å². The van der Waals surface area contributed by atoms with Crippen molar-refractivity contribution in [1.82, 2.24) is 14.9 Å². The molecule has 5 heteroatoms. The lowest BCUT2D eigenvalue weighted by atomic mass is 10.2. The van der Waals surface area contributed by atoms with Crippen molar-refractivity contribution in [3.8, 4) is 0 Å². The minimum absolute atomic E-state index is 0.0885. The number of rotatable bonds is 4. The van der Waals surface area contributed by atoms with Gasteiger partial charge in [-0.3, -0.25) is 9.78 Å². The Hall–Kier alpha value is -1.75. The number of halogens is 1. The van der Waals surface area contributed by atoms with Crippen LogP contribution in [0.15, 0.2) is 47.2 Å². The quantitative estimate of drug-likeness (QED) is 0.814. The fourth-order valence-corrected chi connectivity index (χ4v) is 2.05. The third-order valence-corrected chi connectivity index (χ3v) is 3.12. The molecule has 2 heterocycles. The van der Waals surface area contributed by atoms with Gasteiger partial charge < -0.3 is 4.90 Å². The molecule has 0 atom stereocenters. The van der Waals surface area contributed by atoms with E-state index in [0.717, 1.165) is 5.69 Å². The third-order valence-electron chi connectivity index (χ3n) is 2.68. The number of carbonyl (C=O) groups is 1. The second kappa shape index (κ2) is 6.43. The highest BCUT2D eigenvalue weighted by Crippen LogP contribution is 2.10. The van der Waals surface area contributed by atoms with E-state index in [-0.39, 0.29) is 5.91 Å². The molecule has 0 unspecified atom stereocenters. The molecule has 0 aliphatic carbocycles. The summed E-state index contributed by atoms with van der Waals surface area (Å²) in [6.45, 7) is 3.05. The van der Waals surface area contributed by atoms with Gasteiger partial charge in [0.2, 0.25) is 0 Å². The van der Waals surface area contributed by atoms with E-state index in [4.69, 9.17) is 0 Å². The molecule has 4 nitrogen and oxygen atoms in total. The normalized spacial score (nSPS) is 10.2. The first-order chi connectivity index (χ1) is 9.20. The van der Waals surface area contributed by atoms with Crippen LogP contribution in [0.4, 0.5) is 0 Å². The van der Waals surface area contributed by atoms with Crippen LogP contribution in [0.3, 0.4) is 0 Å². The molecule has 19 heavy (non-hydrogen) atoms. The van der Waals surface area contributed by atoms with Crippen molar-refractivity contribution in [2.75, 3.05) is 6.54 Å². The molecular formula is C14H14BrN3O. The highest BCUT2D eigenvalue weighted by atomic mass is 79.9. The Bertz CT molecular complexity index is 560. The van der Waals surface area contributed by atoms with Gasteiger partial charge in [-0.05, 0) is 47.1 Å². The van der Waals surface area contributed by atoms with Gasteiger partial charge in [0.1, 0.15) is 10.3 Å². The van der Waals surface area contributed by atoms with E-state index < -0.39 is 0 Å². The molecule has 0 saturated heterocycles. The number of carbonyl (C=O) groups excluding carboxylic acids is 1. The van der Waals surface area contributed by atoms with Crippen LogP contribution >= 0.6 is 15.9 Å². The maximum absolute atomic E-state index is 12.3. The monoisotopic (exact) mass is 319 g/mol. The maximum Gasteiger partial charge on any atom is 0.272 e. The van der Waals surface area contributed by atoms with Crippen molar-refractivity contribution >= 4 is 21.8 Å². The summed E-state index contributed by atoms with van der Waals surface area (Å²) in [4.78, 5) is 22.5. The van der Waals surface area contributed by atoms with Gasteiger partial charge in [-0.25, -0.2) is 4.98 Å². The number of amides is 1. The minimum atomic E-state index is -0.0885. The summed E-state index contributed by atoms with van der Waals surface area (Å²) >= 11 is 3.27. The number of hydrogen-bond acceptors (Lipinski definition) is 3. The topological polar surface area (TPSA) is 46.1 Å². The zero-order valence-corrected chi connectivity index (χ0v) is 12.2. The molecule has 0 spiro atoms. The smallest absolute Gasteiger partial charge is 0.272 e. The maximum atomic E-state index is 12.3. The van der Waals surface area contributed by atoms with Crippen LogP contribution in [-0.4, -0.2) is 27.3 Å². The largest absolute Gasteiger partial charge is 0.332 e. The molecule has 0 aliphatic rings. The molecule has 2 aromatic heterocycles. The van der Waals surface area contributed by atoms with E-state index >= 15 is 0 Å². The van der Waals surface area contributed by atoms with Gasteiger partial charge in [0.25, 0.3) is 5.91 Å². The van der Waals surface area contributed by atoms with Crippen molar-refractivity contribution in [3.05, 3.63) is 58.6 Å². The van der Waals surface area contributed by atoms with E-state index in [0.29, 0.717) is 23.4 Å². The van der Waals surface area contributed by atoms with Crippen molar-refractivity contribution in [1.29, 1.82) is 0 Å². The van der Waals surface area contributed by atoms with E-state index in [1.807, 2.05) is 25.1 Å². The Morgan fingerprint density at radius 3 is 2.74 bits per heavy atom. The fraction of sp³-hybridized carbons (Fsp3) is 0.214. The lowest BCUT2D eigenvalue weighted by Crippen LogP contribution is -2.31. The summed E-state index contributed by atoms with van der Waals surface area (Å²) < 4.78 is 0.659. The van der Waals surface area contributed by atoms with Crippen LogP contribution in [0.25, 0.3) is 0 Å². The van der Waals surface area contributed by atoms with Gasteiger partial charge in [-0.15, -0.1) is 0 Å². The Labute approximate surface area is 120 Å². The minimum Gasteiger partial charge on any atom is -0.332 e. The highest BCUT2D eigenvalue weighted by Gasteiger charge is 2.16. The second-order valence-electron chi connectivity index (χ2n) is 3.99. The molecule has 0 aliphatic heterocycles. The summed E-state index contributed by atoms with van der Waals surface area (Å²) in [5.74, 6) is -0.0885. The molecule has 0 fully saturated rings. The molecule has 1 amide bonds. The van der Waals surface area contributed by atoms with Crippen molar-refractivity contribution < 1.29 is 4.79 Å². The van der Waals surface area contributed by atoms with Crippen LogP contribution in [0.5, 0.6) is 0 Å². The summed E-state index contributed by atoms with van der Waals surface area (Å²) in [5, 5.41) is 0. The number of nitrogens with zero attached hydrogens (tertiary/aromatic N) is 3. The van der Waals surface area contributed by atoms with Gasteiger partial charge in [0, 0.05) is 12.7 Å². The molecule has 0 N–H and O–H groups in total. The van der Waals surface area contributed by atoms with Crippen molar-refractivity contribution in [3.63, 3.8) is 0 Å². The highest BCUT2D eigenvalue weighted by molar-refractivity contribution is 9.10. The first kappa shape index (κ1) is 13.7. The van der Waals surface area contributed by atoms with E-state index in [2.05, 4.69) is 25.9 Å². The zero-order chi connectivity index (χ0) is 13.7. The van der Waals surface area contributed by atoms with E-state index in [1.54, 1.807) is 29.3 Å². The molecule has 2 rings (SSSR count). The second-order valence-corrected chi connectivity index (χ2v) is 4.80. The average molecular weight is 320 g/mol. The number of pyridine rings is 2. The molecule has 98 valence electrons. The lowest BCUT2D eigenvalue weighted by Gasteiger charge is -2.20. The predicted octanol–water partition coefficient (Wildman–Crippen LogP) is 2.90. The first-order valence-electron chi connectivity index (χ1n) is 6.02. The molecule has 0 saturated carbocycles. The Morgan fingerprint density at radius 2 is 2.11 bits per heavy atom. The van der Waals surface area contributed by atoms with Crippen LogP contribution in [0, 0.1) is 0 Å². The zero-order valence-electron chi connectivity index (χ0n) is 10.6. The standard InChI is InChI=1S/C14H14BrN3O/c1-2-18(10-11-6-3-4-9-16-11)14(19)12-7-5-8-13(15)17-12/h3-9H,2,10H2,1H3. The van der Waals surface area contributed by atoms with Gasteiger partial charge in [0.15, 0.2) is 0 Å².